The largest absolute Gasteiger partial charge is 0.369 e. The molecule has 29 heavy (non-hydrogen) atoms. The highest BCUT2D eigenvalue weighted by molar-refractivity contribution is 7.94. The molecule has 2 aromatic carbocycles. The van der Waals surface area contributed by atoms with Crippen LogP contribution in [0.3, 0.4) is 0 Å². The molecule has 158 valence electrons. The average Bonchev–Trinajstić information content (AvgIpc) is 2.96. The molecule has 0 spiro atoms. The summed E-state index contributed by atoms with van der Waals surface area (Å²) in [4.78, 5) is 1.92. The molecule has 1 aliphatic heterocycles. The first kappa shape index (κ1) is 21.7. The van der Waals surface area contributed by atoms with Gasteiger partial charge >= 0.3 is 0 Å². The molecule has 8 nitrogen and oxygen atoms in total. The summed E-state index contributed by atoms with van der Waals surface area (Å²) < 4.78 is 52.9. The zero-order valence-electron chi connectivity index (χ0n) is 15.9. The minimum Gasteiger partial charge on any atom is -0.369 e. The first-order chi connectivity index (χ1) is 13.7. The summed E-state index contributed by atoms with van der Waals surface area (Å²) >= 11 is 6.12. The van der Waals surface area contributed by atoms with Gasteiger partial charge in [0.2, 0.25) is 10.0 Å². The van der Waals surface area contributed by atoms with Gasteiger partial charge in [0.05, 0.1) is 28.2 Å². The first-order valence-electron chi connectivity index (χ1n) is 9.02. The summed E-state index contributed by atoms with van der Waals surface area (Å²) in [6.45, 7) is 3.03. The summed E-state index contributed by atoms with van der Waals surface area (Å²) in [6.07, 6.45) is 1.92. The summed E-state index contributed by atoms with van der Waals surface area (Å²) in [6, 6.07) is 12.6. The molecule has 0 radical (unpaired) electrons. The van der Waals surface area contributed by atoms with E-state index in [9.17, 15) is 16.8 Å². The molecule has 0 aliphatic carbocycles. The third kappa shape index (κ3) is 5.33. The molecule has 1 heterocycles. The van der Waals surface area contributed by atoms with E-state index < -0.39 is 20.0 Å². The monoisotopic (exact) mass is 458 g/mol. The van der Waals surface area contributed by atoms with Gasteiger partial charge in [0.1, 0.15) is 0 Å². The van der Waals surface area contributed by atoms with Crippen molar-refractivity contribution >= 4 is 48.9 Å². The fourth-order valence-corrected chi connectivity index (χ4v) is 5.10. The number of benzene rings is 2. The standard InChI is InChI=1S/C18H23ClN4O4S2/c1-28(24,25)21-17-14-16(8-9-18(17)22-12-5-10-20-11-13-22)29(26,27)23(19)15-6-3-2-4-7-15/h2-4,6-9,14,20-21H,5,10-13H2,1H3. The van der Waals surface area contributed by atoms with E-state index in [1.165, 1.54) is 12.1 Å². The van der Waals surface area contributed by atoms with Crippen molar-refractivity contribution < 1.29 is 16.8 Å². The Balaban J connectivity index is 2.03. The normalized spacial score (nSPS) is 15.6. The quantitative estimate of drug-likeness (QED) is 0.644. The lowest BCUT2D eigenvalue weighted by Gasteiger charge is -2.26. The topological polar surface area (TPSA) is 98.8 Å². The first-order valence-corrected chi connectivity index (χ1v) is 12.7. The Bertz CT molecular complexity index is 1050. The molecule has 11 heteroatoms. The molecule has 1 fully saturated rings. The highest BCUT2D eigenvalue weighted by atomic mass is 35.5. The highest BCUT2D eigenvalue weighted by Crippen LogP contribution is 2.33. The Morgan fingerprint density at radius 2 is 1.76 bits per heavy atom. The third-order valence-electron chi connectivity index (χ3n) is 4.41. The highest BCUT2D eigenvalue weighted by Gasteiger charge is 2.26. The van der Waals surface area contributed by atoms with Gasteiger partial charge in [0, 0.05) is 31.4 Å². The van der Waals surface area contributed by atoms with Crippen LogP contribution >= 0.6 is 11.8 Å². The molecule has 0 unspecified atom stereocenters. The fourth-order valence-electron chi connectivity index (χ4n) is 3.10. The van der Waals surface area contributed by atoms with Crippen LogP contribution in [0.25, 0.3) is 0 Å². The number of halogens is 1. The van der Waals surface area contributed by atoms with E-state index in [0.717, 1.165) is 32.3 Å². The Kier molecular flexibility index (Phi) is 6.57. The van der Waals surface area contributed by atoms with Crippen molar-refractivity contribution in [3.05, 3.63) is 48.5 Å². The minimum atomic E-state index is -4.09. The molecular formula is C18H23ClN4O4S2. The summed E-state index contributed by atoms with van der Waals surface area (Å²) in [5.41, 5.74) is 1.11. The summed E-state index contributed by atoms with van der Waals surface area (Å²) in [7, 11) is -7.71. The number of nitrogens with one attached hydrogen (secondary N) is 2. The van der Waals surface area contributed by atoms with Gasteiger partial charge in [-0.3, -0.25) is 4.72 Å². The van der Waals surface area contributed by atoms with E-state index >= 15 is 0 Å². The summed E-state index contributed by atoms with van der Waals surface area (Å²) in [5, 5.41) is 3.28. The Morgan fingerprint density at radius 3 is 2.45 bits per heavy atom. The number of rotatable bonds is 6. The van der Waals surface area contributed by atoms with Gasteiger partial charge in [-0.2, -0.15) is 12.2 Å². The van der Waals surface area contributed by atoms with Gasteiger partial charge in [0.25, 0.3) is 10.0 Å². The van der Waals surface area contributed by atoms with E-state index in [2.05, 4.69) is 10.0 Å². The SMILES string of the molecule is CS(=O)(=O)Nc1cc(S(=O)(=O)N(Cl)c2ccccc2)ccc1N1CCCNCC1. The zero-order chi connectivity index (χ0) is 21.1. The molecular weight excluding hydrogens is 436 g/mol. The molecule has 0 bridgehead atoms. The lowest BCUT2D eigenvalue weighted by Crippen LogP contribution is -2.29. The molecule has 2 N–H and O–H groups in total. The maximum absolute atomic E-state index is 13.0. The van der Waals surface area contributed by atoms with Crippen LogP contribution in [0.2, 0.25) is 0 Å². The van der Waals surface area contributed by atoms with Gasteiger partial charge in [-0.1, -0.05) is 18.2 Å². The van der Waals surface area contributed by atoms with Gasteiger partial charge < -0.3 is 10.2 Å². The number of anilines is 3. The van der Waals surface area contributed by atoms with Crippen LogP contribution in [0.5, 0.6) is 0 Å². The maximum Gasteiger partial charge on any atom is 0.278 e. The molecule has 1 aliphatic rings. The van der Waals surface area contributed by atoms with Crippen LogP contribution in [0.1, 0.15) is 6.42 Å². The Morgan fingerprint density at radius 1 is 1.03 bits per heavy atom. The van der Waals surface area contributed by atoms with E-state index in [4.69, 9.17) is 11.8 Å². The lowest BCUT2D eigenvalue weighted by molar-refractivity contribution is 0.597. The second-order valence-corrected chi connectivity index (χ2v) is 10.8. The predicted octanol–water partition coefficient (Wildman–Crippen LogP) is 2.21. The minimum absolute atomic E-state index is 0.112. The number of sulfonamides is 2. The summed E-state index contributed by atoms with van der Waals surface area (Å²) in [5.74, 6) is 0. The molecule has 3 rings (SSSR count). The molecule has 2 aromatic rings. The van der Waals surface area contributed by atoms with Crippen molar-refractivity contribution in [1.82, 2.24) is 5.32 Å². The van der Waals surface area contributed by atoms with Gasteiger partial charge in [-0.05, 0) is 43.3 Å². The maximum atomic E-state index is 13.0. The van der Waals surface area contributed by atoms with E-state index in [-0.39, 0.29) is 16.3 Å². The van der Waals surface area contributed by atoms with Crippen LogP contribution < -0.4 is 18.8 Å². The van der Waals surface area contributed by atoms with Crippen molar-refractivity contribution in [3.8, 4) is 0 Å². The molecule has 0 amide bonds. The zero-order valence-corrected chi connectivity index (χ0v) is 18.3. The van der Waals surface area contributed by atoms with Crippen LogP contribution in [-0.4, -0.2) is 49.3 Å². The second-order valence-electron chi connectivity index (χ2n) is 6.70. The molecule has 1 saturated heterocycles. The Hall–Kier alpha value is -2.01. The van der Waals surface area contributed by atoms with Crippen molar-refractivity contribution in [2.45, 2.75) is 11.3 Å². The molecule has 0 saturated carbocycles. The van der Waals surface area contributed by atoms with E-state index in [1.54, 1.807) is 36.4 Å². The number of nitrogens with zero attached hydrogens (tertiary/aromatic N) is 2. The number of para-hydroxylation sites is 1. The van der Waals surface area contributed by atoms with Crippen LogP contribution in [0.15, 0.2) is 53.4 Å². The van der Waals surface area contributed by atoms with Crippen molar-refractivity contribution in [2.24, 2.45) is 0 Å². The fraction of sp³-hybridized carbons (Fsp3) is 0.333. The van der Waals surface area contributed by atoms with E-state index in [0.29, 0.717) is 16.1 Å². The molecule has 0 atom stereocenters. The van der Waals surface area contributed by atoms with Gasteiger partial charge in [-0.15, -0.1) is 0 Å². The number of hydrogen-bond acceptors (Lipinski definition) is 6. The number of hydrogen-bond donors (Lipinski definition) is 2. The van der Waals surface area contributed by atoms with Crippen LogP contribution in [0.4, 0.5) is 17.1 Å². The average molecular weight is 459 g/mol. The third-order valence-corrected chi connectivity index (χ3v) is 7.23. The Labute approximate surface area is 176 Å². The van der Waals surface area contributed by atoms with Crippen LogP contribution in [-0.2, 0) is 20.0 Å². The van der Waals surface area contributed by atoms with E-state index in [1.807, 2.05) is 4.90 Å². The van der Waals surface area contributed by atoms with Crippen molar-refractivity contribution in [1.29, 1.82) is 0 Å². The van der Waals surface area contributed by atoms with Crippen molar-refractivity contribution in [2.75, 3.05) is 45.9 Å². The smallest absolute Gasteiger partial charge is 0.278 e. The second kappa shape index (κ2) is 8.78. The van der Waals surface area contributed by atoms with Crippen molar-refractivity contribution in [3.63, 3.8) is 0 Å². The molecule has 0 aromatic heterocycles. The van der Waals surface area contributed by atoms with Gasteiger partial charge in [-0.25, -0.2) is 8.42 Å². The van der Waals surface area contributed by atoms with Gasteiger partial charge in [0.15, 0.2) is 0 Å². The lowest BCUT2D eigenvalue weighted by atomic mass is 10.2. The predicted molar refractivity (Wildman–Crippen MR) is 117 cm³/mol. The van der Waals surface area contributed by atoms with Crippen LogP contribution in [0, 0.1) is 0 Å².